The summed E-state index contributed by atoms with van der Waals surface area (Å²) in [5, 5.41) is 6.96. The van der Waals surface area contributed by atoms with E-state index in [2.05, 4.69) is 31.1 Å². The predicted octanol–water partition coefficient (Wildman–Crippen LogP) is 4.15. The van der Waals surface area contributed by atoms with Crippen LogP contribution in [0.15, 0.2) is 11.6 Å². The molecule has 0 aromatic carbocycles. The monoisotopic (exact) mass is 240 g/mol. The summed E-state index contributed by atoms with van der Waals surface area (Å²) < 4.78 is 0. The molecule has 0 aliphatic heterocycles. The summed E-state index contributed by atoms with van der Waals surface area (Å²) in [6.45, 7) is 6.73. The van der Waals surface area contributed by atoms with Crippen LogP contribution in [0.5, 0.6) is 0 Å². The number of unbranched alkanes of at least 4 members (excludes halogenated alkanes) is 1. The van der Waals surface area contributed by atoms with Gasteiger partial charge in [-0.3, -0.25) is 0 Å². The fraction of sp³-hybridized carbons (Fsp3) is 0.769. The van der Waals surface area contributed by atoms with Crippen LogP contribution in [0.4, 0.5) is 0 Å². The first kappa shape index (κ1) is 13.7. The molecule has 1 N–H and O–H groups in total. The molecule has 0 aliphatic rings. The lowest BCUT2D eigenvalue weighted by Gasteiger charge is -2.21. The highest BCUT2D eigenvalue weighted by molar-refractivity contribution is 7.09. The van der Waals surface area contributed by atoms with Gasteiger partial charge in [-0.25, -0.2) is 4.98 Å². The van der Waals surface area contributed by atoms with Crippen LogP contribution in [0.3, 0.4) is 0 Å². The third-order valence-electron chi connectivity index (χ3n) is 2.85. The lowest BCUT2D eigenvalue weighted by atomic mass is 10.0. The molecule has 0 radical (unpaired) electrons. The Morgan fingerprint density at radius 3 is 2.69 bits per heavy atom. The zero-order chi connectivity index (χ0) is 11.8. The predicted molar refractivity (Wildman–Crippen MR) is 71.9 cm³/mol. The summed E-state index contributed by atoms with van der Waals surface area (Å²) >= 11 is 1.74. The molecule has 0 fully saturated rings. The summed E-state index contributed by atoms with van der Waals surface area (Å²) in [5.74, 6) is 0. The summed E-state index contributed by atoms with van der Waals surface area (Å²) in [7, 11) is 0. The van der Waals surface area contributed by atoms with Crippen LogP contribution in [0, 0.1) is 0 Å². The van der Waals surface area contributed by atoms with Crippen molar-refractivity contribution >= 4 is 11.3 Å². The Bertz CT molecular complexity index is 259. The van der Waals surface area contributed by atoms with Crippen molar-refractivity contribution in [1.82, 2.24) is 10.3 Å². The Labute approximate surface area is 103 Å². The van der Waals surface area contributed by atoms with Crippen molar-refractivity contribution in [2.24, 2.45) is 0 Å². The van der Waals surface area contributed by atoms with Crippen LogP contribution in [0.1, 0.15) is 63.9 Å². The molecule has 1 rings (SSSR count). The number of nitrogens with zero attached hydrogens (tertiary/aromatic N) is 1. The lowest BCUT2D eigenvalue weighted by molar-refractivity contribution is 0.395. The molecule has 92 valence electrons. The maximum atomic E-state index is 4.37. The molecule has 0 amide bonds. The van der Waals surface area contributed by atoms with E-state index >= 15 is 0 Å². The largest absolute Gasteiger partial charge is 0.305 e. The van der Waals surface area contributed by atoms with E-state index in [-0.39, 0.29) is 0 Å². The second-order valence-electron chi connectivity index (χ2n) is 4.39. The van der Waals surface area contributed by atoms with Gasteiger partial charge in [0.25, 0.3) is 0 Å². The second kappa shape index (κ2) is 7.80. The van der Waals surface area contributed by atoms with Crippen molar-refractivity contribution in [3.05, 3.63) is 16.6 Å². The normalized spacial score (nSPS) is 14.9. The summed E-state index contributed by atoms with van der Waals surface area (Å²) in [6, 6.07) is 1.05. The SMILES string of the molecule is CCCCC(CCC)NC(C)c1nccs1. The molecule has 0 spiro atoms. The minimum atomic E-state index is 0.397. The molecule has 1 aromatic heterocycles. The van der Waals surface area contributed by atoms with Crippen molar-refractivity contribution in [1.29, 1.82) is 0 Å². The van der Waals surface area contributed by atoms with Crippen LogP contribution < -0.4 is 5.32 Å². The van der Waals surface area contributed by atoms with E-state index in [1.165, 1.54) is 37.1 Å². The summed E-state index contributed by atoms with van der Waals surface area (Å²) in [5.41, 5.74) is 0. The minimum absolute atomic E-state index is 0.397. The third kappa shape index (κ3) is 4.62. The fourth-order valence-corrected chi connectivity index (χ4v) is 2.64. The topological polar surface area (TPSA) is 24.9 Å². The number of rotatable bonds is 8. The van der Waals surface area contributed by atoms with Gasteiger partial charge in [0.05, 0.1) is 6.04 Å². The first-order chi connectivity index (χ1) is 7.77. The molecule has 2 unspecified atom stereocenters. The number of thiazole rings is 1. The van der Waals surface area contributed by atoms with E-state index < -0.39 is 0 Å². The van der Waals surface area contributed by atoms with Crippen molar-refractivity contribution in [3.63, 3.8) is 0 Å². The Hall–Kier alpha value is -0.410. The standard InChI is InChI=1S/C13H24N2S/c1-4-6-8-12(7-5-2)15-11(3)13-14-9-10-16-13/h9-12,15H,4-8H2,1-3H3. The lowest BCUT2D eigenvalue weighted by Crippen LogP contribution is -2.31. The number of hydrogen-bond donors (Lipinski definition) is 1. The second-order valence-corrected chi connectivity index (χ2v) is 5.31. The number of hydrogen-bond acceptors (Lipinski definition) is 3. The average Bonchev–Trinajstić information content (AvgIpc) is 2.79. The fourth-order valence-electron chi connectivity index (χ4n) is 1.98. The molecular formula is C13H24N2S. The highest BCUT2D eigenvalue weighted by atomic mass is 32.1. The van der Waals surface area contributed by atoms with Gasteiger partial charge >= 0.3 is 0 Å². The smallest absolute Gasteiger partial charge is 0.109 e. The van der Waals surface area contributed by atoms with Crippen molar-refractivity contribution in [2.75, 3.05) is 0 Å². The van der Waals surface area contributed by atoms with Crippen LogP contribution in [0.2, 0.25) is 0 Å². The van der Waals surface area contributed by atoms with Gasteiger partial charge in [-0.05, 0) is 19.8 Å². The number of aromatic nitrogens is 1. The quantitative estimate of drug-likeness (QED) is 0.738. The Morgan fingerprint density at radius 2 is 2.12 bits per heavy atom. The summed E-state index contributed by atoms with van der Waals surface area (Å²) in [6.07, 6.45) is 8.32. The average molecular weight is 240 g/mol. The highest BCUT2D eigenvalue weighted by Gasteiger charge is 2.13. The molecule has 16 heavy (non-hydrogen) atoms. The molecule has 2 nitrogen and oxygen atoms in total. The molecule has 1 heterocycles. The van der Waals surface area contributed by atoms with Gasteiger partial charge in [0.15, 0.2) is 0 Å². The van der Waals surface area contributed by atoms with Crippen molar-refractivity contribution in [2.45, 2.75) is 65.0 Å². The third-order valence-corrected chi connectivity index (χ3v) is 3.81. The molecule has 0 saturated heterocycles. The van der Waals surface area contributed by atoms with E-state index in [0.717, 1.165) is 0 Å². The summed E-state index contributed by atoms with van der Waals surface area (Å²) in [4.78, 5) is 4.37. The molecular weight excluding hydrogens is 216 g/mol. The van der Waals surface area contributed by atoms with E-state index in [1.54, 1.807) is 11.3 Å². The van der Waals surface area contributed by atoms with E-state index in [1.807, 2.05) is 11.6 Å². The minimum Gasteiger partial charge on any atom is -0.305 e. The Kier molecular flexibility index (Phi) is 6.65. The zero-order valence-corrected chi connectivity index (χ0v) is 11.5. The van der Waals surface area contributed by atoms with Gasteiger partial charge in [0, 0.05) is 17.6 Å². The van der Waals surface area contributed by atoms with E-state index in [4.69, 9.17) is 0 Å². The molecule has 1 aromatic rings. The maximum Gasteiger partial charge on any atom is 0.109 e. The zero-order valence-electron chi connectivity index (χ0n) is 10.7. The molecule has 2 atom stereocenters. The molecule has 0 saturated carbocycles. The van der Waals surface area contributed by atoms with E-state index in [9.17, 15) is 0 Å². The molecule has 0 bridgehead atoms. The van der Waals surface area contributed by atoms with Crippen molar-refractivity contribution in [3.8, 4) is 0 Å². The van der Waals surface area contributed by atoms with E-state index in [0.29, 0.717) is 12.1 Å². The Balaban J connectivity index is 2.40. The first-order valence-electron chi connectivity index (χ1n) is 6.43. The Morgan fingerprint density at radius 1 is 1.31 bits per heavy atom. The van der Waals surface area contributed by atoms with Gasteiger partial charge in [-0.15, -0.1) is 11.3 Å². The highest BCUT2D eigenvalue weighted by Crippen LogP contribution is 2.18. The van der Waals surface area contributed by atoms with Crippen LogP contribution in [0.25, 0.3) is 0 Å². The first-order valence-corrected chi connectivity index (χ1v) is 7.31. The van der Waals surface area contributed by atoms with Crippen molar-refractivity contribution < 1.29 is 0 Å². The van der Waals surface area contributed by atoms with Gasteiger partial charge in [0.2, 0.25) is 0 Å². The molecule has 3 heteroatoms. The van der Waals surface area contributed by atoms with Gasteiger partial charge < -0.3 is 5.32 Å². The maximum absolute atomic E-state index is 4.37. The van der Waals surface area contributed by atoms with Gasteiger partial charge in [-0.2, -0.15) is 0 Å². The van der Waals surface area contributed by atoms with Crippen LogP contribution in [-0.2, 0) is 0 Å². The van der Waals surface area contributed by atoms with Gasteiger partial charge in [0.1, 0.15) is 5.01 Å². The van der Waals surface area contributed by atoms with Crippen LogP contribution in [-0.4, -0.2) is 11.0 Å². The number of nitrogens with one attached hydrogen (secondary N) is 1. The van der Waals surface area contributed by atoms with Gasteiger partial charge in [-0.1, -0.05) is 33.1 Å². The molecule has 0 aliphatic carbocycles. The van der Waals surface area contributed by atoms with Crippen LogP contribution >= 0.6 is 11.3 Å².